The summed E-state index contributed by atoms with van der Waals surface area (Å²) >= 11 is 6.64. The van der Waals surface area contributed by atoms with Crippen LogP contribution < -0.4 is 0 Å². The fourth-order valence-electron chi connectivity index (χ4n) is 9.34. The van der Waals surface area contributed by atoms with Gasteiger partial charge < -0.3 is 4.57 Å². The summed E-state index contributed by atoms with van der Waals surface area (Å²) in [6, 6.07) is 64.7. The molecule has 1 aromatic heterocycles. The second-order valence-electron chi connectivity index (χ2n) is 14.3. The molecule has 1 heterocycles. The molecule has 11 rings (SSSR count). The molecule has 0 radical (unpaired) electrons. The first-order chi connectivity index (χ1) is 26.1. The van der Waals surface area contributed by atoms with Crippen LogP contribution in [0.5, 0.6) is 0 Å². The highest BCUT2D eigenvalue weighted by Gasteiger charge is 2.51. The van der Waals surface area contributed by atoms with Crippen LogP contribution in [0.3, 0.4) is 0 Å². The van der Waals surface area contributed by atoms with Gasteiger partial charge in [-0.1, -0.05) is 146 Å². The summed E-state index contributed by atoms with van der Waals surface area (Å²) in [4.78, 5) is 0. The van der Waals surface area contributed by atoms with Crippen molar-refractivity contribution in [2.24, 2.45) is 0 Å². The van der Waals surface area contributed by atoms with E-state index in [0.717, 1.165) is 32.7 Å². The minimum absolute atomic E-state index is 0.452. The van der Waals surface area contributed by atoms with Crippen molar-refractivity contribution in [3.8, 4) is 50.2 Å². The van der Waals surface area contributed by atoms with Gasteiger partial charge in [-0.3, -0.25) is 0 Å². The van der Waals surface area contributed by atoms with Gasteiger partial charge in [-0.25, -0.2) is 0 Å². The van der Waals surface area contributed by atoms with Crippen LogP contribution in [0, 0.1) is 0 Å². The molecule has 248 valence electrons. The minimum atomic E-state index is -0.452. The van der Waals surface area contributed by atoms with E-state index in [2.05, 4.69) is 181 Å². The molecule has 53 heavy (non-hydrogen) atoms. The third kappa shape index (κ3) is 4.20. The summed E-state index contributed by atoms with van der Waals surface area (Å²) in [6.45, 7) is 3.96. The summed E-state index contributed by atoms with van der Waals surface area (Å²) in [5, 5.41) is 3.07. The van der Waals surface area contributed by atoms with Gasteiger partial charge in [0.15, 0.2) is 0 Å². The molecule has 1 nitrogen and oxygen atoms in total. The highest BCUT2D eigenvalue weighted by molar-refractivity contribution is 6.32. The zero-order chi connectivity index (χ0) is 35.3. The highest BCUT2D eigenvalue weighted by atomic mass is 35.5. The van der Waals surface area contributed by atoms with E-state index in [9.17, 15) is 0 Å². The van der Waals surface area contributed by atoms with Gasteiger partial charge in [0.05, 0.1) is 16.4 Å². The number of fused-ring (bicyclic) bond motifs is 13. The average Bonchev–Trinajstić information content (AvgIpc) is 3.82. The van der Waals surface area contributed by atoms with E-state index in [1.165, 1.54) is 72.1 Å². The topological polar surface area (TPSA) is 4.93 Å². The molecule has 0 bridgehead atoms. The SMILES string of the molecule is C=Cc1ccc(-c2ccc3c(c2)C2(c4ccccc4-3)c3ccccc3-c3ccc(-c4ccc5c(c4)c4cc(Cl)ccc4n5-c4ccccc4)cc32)cc1. The maximum Gasteiger partial charge on any atom is 0.0725 e. The van der Waals surface area contributed by atoms with Crippen LogP contribution in [0.25, 0.3) is 78.1 Å². The summed E-state index contributed by atoms with van der Waals surface area (Å²) in [7, 11) is 0. The molecule has 1 spiro atoms. The lowest BCUT2D eigenvalue weighted by Crippen LogP contribution is -2.26. The Hall–Kier alpha value is -6.41. The Bertz CT molecular complexity index is 2950. The Morgan fingerprint density at radius 2 is 0.925 bits per heavy atom. The zero-order valence-electron chi connectivity index (χ0n) is 28.9. The molecule has 1 atom stereocenters. The predicted molar refractivity (Wildman–Crippen MR) is 223 cm³/mol. The van der Waals surface area contributed by atoms with Gasteiger partial charge in [0.1, 0.15) is 0 Å². The second kappa shape index (κ2) is 11.3. The van der Waals surface area contributed by atoms with Crippen LogP contribution in [0.4, 0.5) is 0 Å². The maximum atomic E-state index is 6.64. The largest absolute Gasteiger partial charge is 0.309 e. The molecule has 9 aromatic rings. The number of hydrogen-bond donors (Lipinski definition) is 0. The summed E-state index contributed by atoms with van der Waals surface area (Å²) < 4.78 is 2.34. The van der Waals surface area contributed by atoms with Crippen LogP contribution in [0.2, 0.25) is 5.02 Å². The van der Waals surface area contributed by atoms with Gasteiger partial charge >= 0.3 is 0 Å². The smallest absolute Gasteiger partial charge is 0.0725 e. The van der Waals surface area contributed by atoms with Crippen molar-refractivity contribution in [3.63, 3.8) is 0 Å². The third-order valence-electron chi connectivity index (χ3n) is 11.6. The van der Waals surface area contributed by atoms with E-state index in [4.69, 9.17) is 11.6 Å². The first kappa shape index (κ1) is 30.2. The van der Waals surface area contributed by atoms with Crippen molar-refractivity contribution >= 4 is 39.5 Å². The van der Waals surface area contributed by atoms with E-state index >= 15 is 0 Å². The number of aromatic nitrogens is 1. The molecule has 2 heteroatoms. The molecule has 0 aliphatic heterocycles. The first-order valence-electron chi connectivity index (χ1n) is 18.1. The molecule has 2 aliphatic carbocycles. The Balaban J connectivity index is 1.16. The molecular formula is C51H32ClN. The molecule has 0 fully saturated rings. The Morgan fingerprint density at radius 3 is 1.57 bits per heavy atom. The van der Waals surface area contributed by atoms with Crippen molar-refractivity contribution < 1.29 is 0 Å². The van der Waals surface area contributed by atoms with E-state index in [0.29, 0.717) is 0 Å². The molecule has 1 unspecified atom stereocenters. The van der Waals surface area contributed by atoms with Crippen molar-refractivity contribution in [2.45, 2.75) is 5.41 Å². The van der Waals surface area contributed by atoms with Gasteiger partial charge in [0.2, 0.25) is 0 Å². The first-order valence-corrected chi connectivity index (χ1v) is 18.5. The van der Waals surface area contributed by atoms with Crippen molar-refractivity contribution in [1.82, 2.24) is 4.57 Å². The fourth-order valence-corrected chi connectivity index (χ4v) is 9.51. The molecule has 0 amide bonds. The van der Waals surface area contributed by atoms with Gasteiger partial charge in [0, 0.05) is 21.5 Å². The zero-order valence-corrected chi connectivity index (χ0v) is 29.6. The van der Waals surface area contributed by atoms with Gasteiger partial charge in [-0.2, -0.15) is 0 Å². The van der Waals surface area contributed by atoms with Crippen molar-refractivity contribution in [3.05, 3.63) is 215 Å². The van der Waals surface area contributed by atoms with E-state index in [1.807, 2.05) is 12.1 Å². The lowest BCUT2D eigenvalue weighted by molar-refractivity contribution is 0.794. The predicted octanol–water partition coefficient (Wildman–Crippen LogP) is 13.8. The van der Waals surface area contributed by atoms with E-state index in [1.54, 1.807) is 0 Å². The standard InChI is InChI=1S/C51H32ClN/c1-2-32-16-18-33(19-17-32)35-20-24-41-39-12-6-8-14-45(39)51(47(41)29-35)46-15-9-7-13-40(46)42-25-21-36(30-48(42)51)34-22-26-49-43(28-34)44-31-37(52)23-27-50(44)53(49)38-10-4-3-5-11-38/h2-31H,1H2. The summed E-state index contributed by atoms with van der Waals surface area (Å²) in [5.41, 5.74) is 19.4. The van der Waals surface area contributed by atoms with Gasteiger partial charge in [0.25, 0.3) is 0 Å². The monoisotopic (exact) mass is 693 g/mol. The lowest BCUT2D eigenvalue weighted by Gasteiger charge is -2.31. The Labute approximate surface area is 313 Å². The number of halogens is 1. The molecule has 0 saturated carbocycles. The van der Waals surface area contributed by atoms with Crippen molar-refractivity contribution in [2.75, 3.05) is 0 Å². The Morgan fingerprint density at radius 1 is 0.434 bits per heavy atom. The minimum Gasteiger partial charge on any atom is -0.309 e. The normalized spacial score (nSPS) is 15.0. The van der Waals surface area contributed by atoms with Crippen LogP contribution in [0.1, 0.15) is 27.8 Å². The molecule has 8 aromatic carbocycles. The number of hydrogen-bond acceptors (Lipinski definition) is 0. The van der Waals surface area contributed by atoms with Crippen LogP contribution in [-0.2, 0) is 5.41 Å². The van der Waals surface area contributed by atoms with Crippen LogP contribution in [0.15, 0.2) is 183 Å². The van der Waals surface area contributed by atoms with Crippen LogP contribution >= 0.6 is 11.6 Å². The highest BCUT2D eigenvalue weighted by Crippen LogP contribution is 2.63. The molecule has 0 N–H and O–H groups in total. The number of nitrogens with zero attached hydrogens (tertiary/aromatic N) is 1. The second-order valence-corrected chi connectivity index (χ2v) is 14.7. The average molecular weight is 694 g/mol. The number of para-hydroxylation sites is 1. The van der Waals surface area contributed by atoms with Crippen molar-refractivity contribution in [1.29, 1.82) is 0 Å². The quantitative estimate of drug-likeness (QED) is 0.173. The summed E-state index contributed by atoms with van der Waals surface area (Å²) in [6.07, 6.45) is 1.90. The Kier molecular flexibility index (Phi) is 6.44. The number of benzene rings is 8. The molecule has 2 aliphatic rings. The number of rotatable bonds is 4. The molecule has 0 saturated heterocycles. The molecular weight excluding hydrogens is 662 g/mol. The van der Waals surface area contributed by atoms with E-state index in [-0.39, 0.29) is 0 Å². The lowest BCUT2D eigenvalue weighted by atomic mass is 9.70. The van der Waals surface area contributed by atoms with E-state index < -0.39 is 5.41 Å². The summed E-state index contributed by atoms with van der Waals surface area (Å²) in [5.74, 6) is 0. The fraction of sp³-hybridized carbons (Fsp3) is 0.0196. The third-order valence-corrected chi connectivity index (χ3v) is 11.9. The van der Waals surface area contributed by atoms with Gasteiger partial charge in [-0.05, 0) is 127 Å². The van der Waals surface area contributed by atoms with Gasteiger partial charge in [-0.15, -0.1) is 0 Å². The van der Waals surface area contributed by atoms with Crippen LogP contribution in [-0.4, -0.2) is 4.57 Å². The maximum absolute atomic E-state index is 6.64.